The molecule has 2 unspecified atom stereocenters. The number of likely N-dealkylation sites (tertiary alicyclic amines) is 1. The standard InChI is InChI=1S/C29H34ClN3O4S/c1-17(2)15-19(16-34)33-24(26(36)32-21-12-8-7-11-20(21)30)29-14-13-28(3,38-29)22(23(29)27(33)37)25(35)31-18-9-5-4-6-10-18/h4-12,17,19,22-24,34H,13-16H2,1-3H3,(H,31,35)(H,32,36)/t19-,22+,23+,24?,28-,29?/m1/s1. The monoisotopic (exact) mass is 555 g/mol. The van der Waals surface area contributed by atoms with Crippen LogP contribution in [0.2, 0.25) is 5.02 Å². The van der Waals surface area contributed by atoms with Crippen molar-refractivity contribution in [1.29, 1.82) is 0 Å². The van der Waals surface area contributed by atoms with Crippen LogP contribution in [0, 0.1) is 17.8 Å². The largest absolute Gasteiger partial charge is 0.394 e. The van der Waals surface area contributed by atoms with Crippen LogP contribution in [-0.4, -0.2) is 55.9 Å². The number of halogens is 1. The average molecular weight is 556 g/mol. The zero-order valence-electron chi connectivity index (χ0n) is 21.8. The van der Waals surface area contributed by atoms with Gasteiger partial charge in [-0.2, -0.15) is 0 Å². The number of amides is 3. The summed E-state index contributed by atoms with van der Waals surface area (Å²) in [6.45, 7) is 5.83. The van der Waals surface area contributed by atoms with Crippen LogP contribution in [-0.2, 0) is 14.4 Å². The summed E-state index contributed by atoms with van der Waals surface area (Å²) in [5.41, 5.74) is 1.14. The van der Waals surface area contributed by atoms with Gasteiger partial charge < -0.3 is 20.6 Å². The number of nitrogens with one attached hydrogen (secondary N) is 2. The van der Waals surface area contributed by atoms with E-state index in [0.717, 1.165) is 0 Å². The number of aliphatic hydroxyl groups is 1. The first-order chi connectivity index (χ1) is 18.1. The number of fused-ring (bicyclic) bond motifs is 1. The molecule has 3 heterocycles. The zero-order chi connectivity index (χ0) is 27.2. The predicted molar refractivity (Wildman–Crippen MR) is 151 cm³/mol. The topological polar surface area (TPSA) is 98.7 Å². The highest BCUT2D eigenvalue weighted by molar-refractivity contribution is 8.02. The Kier molecular flexibility index (Phi) is 7.26. The average Bonchev–Trinajstić information content (AvgIpc) is 3.45. The van der Waals surface area contributed by atoms with Gasteiger partial charge in [0.25, 0.3) is 0 Å². The van der Waals surface area contributed by atoms with Crippen molar-refractivity contribution in [3.8, 4) is 0 Å². The number of aliphatic hydroxyl groups excluding tert-OH is 1. The van der Waals surface area contributed by atoms with E-state index in [1.165, 1.54) is 0 Å². The SMILES string of the molecule is CC(C)C[C@H](CO)N1C(=O)[C@@H]2[C@@H](C(=O)Nc3ccccc3)[C@@]3(C)CCC2(S3)C1C(=O)Nc1ccccc1Cl. The van der Waals surface area contributed by atoms with E-state index in [4.69, 9.17) is 11.6 Å². The summed E-state index contributed by atoms with van der Waals surface area (Å²) in [4.78, 5) is 43.7. The maximum absolute atomic E-state index is 14.3. The summed E-state index contributed by atoms with van der Waals surface area (Å²) in [6, 6.07) is 14.9. The summed E-state index contributed by atoms with van der Waals surface area (Å²) in [5, 5.41) is 16.8. The highest BCUT2D eigenvalue weighted by atomic mass is 35.5. The number of benzene rings is 2. The van der Waals surface area contributed by atoms with E-state index in [2.05, 4.69) is 10.6 Å². The molecule has 6 atom stereocenters. The highest BCUT2D eigenvalue weighted by Gasteiger charge is 2.77. The van der Waals surface area contributed by atoms with Crippen molar-refractivity contribution in [2.24, 2.45) is 17.8 Å². The molecule has 2 aromatic rings. The first kappa shape index (κ1) is 27.0. The number of hydrogen-bond donors (Lipinski definition) is 3. The summed E-state index contributed by atoms with van der Waals surface area (Å²) < 4.78 is -1.26. The lowest BCUT2D eigenvalue weighted by Gasteiger charge is -2.37. The van der Waals surface area contributed by atoms with Gasteiger partial charge in [-0.05, 0) is 56.4 Å². The molecule has 38 heavy (non-hydrogen) atoms. The number of nitrogens with zero attached hydrogens (tertiary/aromatic N) is 1. The molecular weight excluding hydrogens is 522 g/mol. The number of thioether (sulfide) groups is 1. The van der Waals surface area contributed by atoms with Gasteiger partial charge in [0.2, 0.25) is 17.7 Å². The molecule has 3 saturated heterocycles. The molecule has 3 fully saturated rings. The molecule has 9 heteroatoms. The van der Waals surface area contributed by atoms with Crippen molar-refractivity contribution >= 4 is 52.5 Å². The minimum Gasteiger partial charge on any atom is -0.394 e. The molecule has 3 amide bonds. The summed E-state index contributed by atoms with van der Waals surface area (Å²) in [5.74, 6) is -1.84. The van der Waals surface area contributed by atoms with Crippen molar-refractivity contribution in [2.75, 3.05) is 17.2 Å². The Hall–Kier alpha value is -2.55. The van der Waals surface area contributed by atoms with Crippen molar-refractivity contribution in [1.82, 2.24) is 4.90 Å². The maximum atomic E-state index is 14.3. The van der Waals surface area contributed by atoms with Gasteiger partial charge in [0.15, 0.2) is 0 Å². The molecule has 0 aliphatic carbocycles. The lowest BCUT2D eigenvalue weighted by atomic mass is 9.66. The molecule has 202 valence electrons. The molecule has 3 aliphatic rings. The van der Waals surface area contributed by atoms with Gasteiger partial charge in [0, 0.05) is 10.4 Å². The molecule has 2 aromatic carbocycles. The Bertz CT molecular complexity index is 1240. The van der Waals surface area contributed by atoms with Crippen LogP contribution in [0.4, 0.5) is 11.4 Å². The smallest absolute Gasteiger partial charge is 0.248 e. The van der Waals surface area contributed by atoms with Gasteiger partial charge in [-0.25, -0.2) is 0 Å². The Balaban J connectivity index is 1.55. The molecule has 1 spiro atoms. The molecule has 7 nitrogen and oxygen atoms in total. The van der Waals surface area contributed by atoms with Crippen molar-refractivity contribution in [3.05, 3.63) is 59.6 Å². The Morgan fingerprint density at radius 3 is 2.42 bits per heavy atom. The van der Waals surface area contributed by atoms with Crippen molar-refractivity contribution < 1.29 is 19.5 Å². The molecule has 2 bridgehead atoms. The first-order valence-corrected chi connectivity index (χ1v) is 14.4. The molecule has 3 aliphatic heterocycles. The first-order valence-electron chi connectivity index (χ1n) is 13.2. The molecule has 0 aromatic heterocycles. The van der Waals surface area contributed by atoms with Crippen LogP contribution in [0.1, 0.15) is 40.0 Å². The fourth-order valence-electron chi connectivity index (χ4n) is 6.78. The number of para-hydroxylation sites is 2. The van der Waals surface area contributed by atoms with E-state index in [1.807, 2.05) is 51.1 Å². The quantitative estimate of drug-likeness (QED) is 0.434. The molecule has 0 saturated carbocycles. The molecule has 3 N–H and O–H groups in total. The van der Waals surface area contributed by atoms with Crippen molar-refractivity contribution in [2.45, 2.75) is 61.6 Å². The normalized spacial score (nSPS) is 30.4. The highest BCUT2D eigenvalue weighted by Crippen LogP contribution is 2.71. The minimum absolute atomic E-state index is 0.198. The second-order valence-corrected chi connectivity index (χ2v) is 13.6. The number of anilines is 2. The Labute approximate surface area is 232 Å². The lowest BCUT2D eigenvalue weighted by molar-refractivity contribution is -0.142. The fraction of sp³-hybridized carbons (Fsp3) is 0.483. The van der Waals surface area contributed by atoms with Crippen LogP contribution in [0.5, 0.6) is 0 Å². The molecule has 0 radical (unpaired) electrons. The van der Waals surface area contributed by atoms with Gasteiger partial charge in [0.1, 0.15) is 6.04 Å². The van der Waals surface area contributed by atoms with Crippen molar-refractivity contribution in [3.63, 3.8) is 0 Å². The summed E-state index contributed by atoms with van der Waals surface area (Å²) in [7, 11) is 0. The van der Waals surface area contributed by atoms with Crippen LogP contribution < -0.4 is 10.6 Å². The summed E-state index contributed by atoms with van der Waals surface area (Å²) in [6.07, 6.45) is 1.90. The van der Waals surface area contributed by atoms with Crippen LogP contribution in [0.3, 0.4) is 0 Å². The van der Waals surface area contributed by atoms with Gasteiger partial charge >= 0.3 is 0 Å². The Morgan fingerprint density at radius 2 is 1.76 bits per heavy atom. The van der Waals surface area contributed by atoms with Crippen LogP contribution in [0.25, 0.3) is 0 Å². The van der Waals surface area contributed by atoms with E-state index in [0.29, 0.717) is 35.7 Å². The molecule has 5 rings (SSSR count). The van der Waals surface area contributed by atoms with Gasteiger partial charge in [0.05, 0.1) is 39.9 Å². The number of rotatable bonds is 8. The third-order valence-electron chi connectivity index (χ3n) is 8.27. The second kappa shape index (κ2) is 10.2. The van der Waals surface area contributed by atoms with E-state index < -0.39 is 33.4 Å². The Morgan fingerprint density at radius 1 is 1.08 bits per heavy atom. The number of hydrogen-bond acceptors (Lipinski definition) is 5. The minimum atomic E-state index is -0.839. The van der Waals surface area contributed by atoms with Gasteiger partial charge in [-0.15, -0.1) is 11.8 Å². The van der Waals surface area contributed by atoms with E-state index in [9.17, 15) is 19.5 Å². The van der Waals surface area contributed by atoms with Gasteiger partial charge in [-0.3, -0.25) is 14.4 Å². The lowest BCUT2D eigenvalue weighted by Crippen LogP contribution is -2.55. The fourth-order valence-corrected chi connectivity index (χ4v) is 9.31. The third kappa shape index (κ3) is 4.40. The maximum Gasteiger partial charge on any atom is 0.248 e. The van der Waals surface area contributed by atoms with E-state index in [-0.39, 0.29) is 30.2 Å². The van der Waals surface area contributed by atoms with E-state index in [1.54, 1.807) is 40.9 Å². The van der Waals surface area contributed by atoms with E-state index >= 15 is 0 Å². The second-order valence-electron chi connectivity index (χ2n) is 11.3. The molecular formula is C29H34ClN3O4S. The van der Waals surface area contributed by atoms with Crippen LogP contribution >= 0.6 is 23.4 Å². The van der Waals surface area contributed by atoms with Crippen LogP contribution in [0.15, 0.2) is 54.6 Å². The zero-order valence-corrected chi connectivity index (χ0v) is 23.4. The van der Waals surface area contributed by atoms with Gasteiger partial charge in [-0.1, -0.05) is 55.8 Å². The predicted octanol–water partition coefficient (Wildman–Crippen LogP) is 4.81. The number of carbonyl (C=O) groups excluding carboxylic acids is 3. The number of carbonyl (C=O) groups is 3. The third-order valence-corrected chi connectivity index (χ3v) is 10.6. The summed E-state index contributed by atoms with van der Waals surface area (Å²) >= 11 is 7.96.